The summed E-state index contributed by atoms with van der Waals surface area (Å²) in [5, 5.41) is 0. The molecular weight excluding hydrogens is 64.0 g/mol. The third-order valence-corrected chi connectivity index (χ3v) is 0. The predicted molar refractivity (Wildman–Crippen MR) is 20.1 cm³/mol. The van der Waals surface area contributed by atoms with Gasteiger partial charge in [-0.05, 0) is 0 Å². The Morgan fingerprint density at radius 1 is 0.600 bits per heavy atom. The second kappa shape index (κ2) is 21700. The number of hydrogen-bond donors (Lipinski definition) is 0. The third-order valence-electron chi connectivity index (χ3n) is 0. The van der Waals surface area contributed by atoms with Crippen molar-refractivity contribution in [2.24, 2.45) is 0 Å². The minimum absolute atomic E-state index is 0. The Labute approximate surface area is 36.3 Å². The summed E-state index contributed by atoms with van der Waals surface area (Å²) in [5.41, 5.74) is 0. The van der Waals surface area contributed by atoms with E-state index in [2.05, 4.69) is 0 Å². The van der Waals surface area contributed by atoms with Crippen molar-refractivity contribution in [2.45, 2.75) is 7.43 Å². The van der Waals surface area contributed by atoms with Crippen molar-refractivity contribution in [1.29, 1.82) is 0 Å². The molecule has 0 aromatic rings. The molecule has 1 nitrogen and oxygen atoms in total. The van der Waals surface area contributed by atoms with Gasteiger partial charge >= 0.3 is 0 Å². The first-order valence-corrected chi connectivity index (χ1v) is 0. The SMILES string of the molecule is C.O.[C].[C].[C]. The highest BCUT2D eigenvalue weighted by molar-refractivity contribution is 3.25. The Hall–Kier alpha value is -0.0400. The van der Waals surface area contributed by atoms with E-state index in [1.165, 1.54) is 0 Å². The van der Waals surface area contributed by atoms with Crippen LogP contribution in [0.25, 0.3) is 0 Å². The first kappa shape index (κ1) is 48600. The summed E-state index contributed by atoms with van der Waals surface area (Å²) in [6, 6.07) is 0. The molecular formula is C4H6O. The summed E-state index contributed by atoms with van der Waals surface area (Å²) in [4.78, 5) is 0. The third kappa shape index (κ3) is 9510. The van der Waals surface area contributed by atoms with Gasteiger partial charge in [0.2, 0.25) is 0 Å². The van der Waals surface area contributed by atoms with Gasteiger partial charge in [-0.25, -0.2) is 0 Å². The molecule has 0 bridgehead atoms. The highest BCUT2D eigenvalue weighted by atomic mass is 16.0. The maximum Gasteiger partial charge on any atom is 0 e. The van der Waals surface area contributed by atoms with Gasteiger partial charge < -0.3 is 5.48 Å². The fourth-order valence-corrected chi connectivity index (χ4v) is 0. The zero-order valence-electron chi connectivity index (χ0n) is 2.00. The van der Waals surface area contributed by atoms with E-state index >= 15 is 0 Å². The Bertz CT molecular complexity index is 3.61. The normalized spacial score (nSPS) is 0. The van der Waals surface area contributed by atoms with E-state index < -0.39 is 0 Å². The van der Waals surface area contributed by atoms with Crippen LogP contribution in [0.3, 0.4) is 0 Å². The molecule has 2 N–H and O–H groups in total. The molecule has 0 aliphatic heterocycles. The monoisotopic (exact) mass is 70.0 g/mol. The van der Waals surface area contributed by atoms with Crippen LogP contribution in [-0.2, 0) is 0 Å². The lowest BCUT2D eigenvalue weighted by atomic mass is 12.0. The van der Waals surface area contributed by atoms with Crippen LogP contribution in [0.15, 0.2) is 0 Å². The summed E-state index contributed by atoms with van der Waals surface area (Å²) < 4.78 is 0. The lowest BCUT2D eigenvalue weighted by molar-refractivity contribution is 0.824. The summed E-state index contributed by atoms with van der Waals surface area (Å²) in [6.07, 6.45) is 0. The Kier molecular flexibility index (Phi) is 211000000. The van der Waals surface area contributed by atoms with Crippen molar-refractivity contribution >= 4 is 0 Å². The van der Waals surface area contributed by atoms with Crippen LogP contribution in [0.4, 0.5) is 0 Å². The highest BCUT2D eigenvalue weighted by Crippen LogP contribution is 0.144. The van der Waals surface area contributed by atoms with E-state index in [-0.39, 0.29) is 35.2 Å². The van der Waals surface area contributed by atoms with Gasteiger partial charge in [-0.1, -0.05) is 7.43 Å². The Morgan fingerprint density at radius 3 is 0.600 bits per heavy atom. The minimum atomic E-state index is 0. The van der Waals surface area contributed by atoms with Crippen LogP contribution in [0.5, 0.6) is 0 Å². The first-order chi connectivity index (χ1) is 0. The lowest BCUT2D eigenvalue weighted by Gasteiger charge is -0.412. The number of rotatable bonds is 0. The van der Waals surface area contributed by atoms with E-state index in [0.29, 0.717) is 0 Å². The summed E-state index contributed by atoms with van der Waals surface area (Å²) in [5.74, 6) is 0. The average molecular weight is 70.1 g/mol. The molecule has 5 heavy (non-hydrogen) atoms. The lowest BCUT2D eigenvalue weighted by Crippen LogP contribution is -0.289. The molecule has 0 rings (SSSR count). The second-order valence-electron chi connectivity index (χ2n) is 0. The van der Waals surface area contributed by atoms with E-state index in [1.807, 2.05) is 0 Å². The fourth-order valence-electron chi connectivity index (χ4n) is 0. The molecule has 0 unspecified atom stereocenters. The van der Waals surface area contributed by atoms with Gasteiger partial charge in [0, 0.05) is 22.3 Å². The summed E-state index contributed by atoms with van der Waals surface area (Å²) >= 11 is 0. The molecule has 0 amide bonds. The molecule has 0 spiro atoms. The topological polar surface area (TPSA) is 31.5 Å². The quantitative estimate of drug-likeness (QED) is 0.386. The van der Waals surface area contributed by atoms with Crippen molar-refractivity contribution < 1.29 is 5.48 Å². The molecule has 28 valence electrons. The Morgan fingerprint density at radius 2 is 0.600 bits per heavy atom. The van der Waals surface area contributed by atoms with Gasteiger partial charge in [-0.3, -0.25) is 0 Å². The molecule has 0 fully saturated rings. The molecule has 0 aliphatic rings. The maximum absolute atomic E-state index is 0. The number of hydrogen-bond acceptors (Lipinski definition) is 0. The molecule has 0 aromatic heterocycles. The fraction of sp³-hybridized carbons (Fsp3) is 0.250. The van der Waals surface area contributed by atoms with Gasteiger partial charge in [-0.15, -0.1) is 0 Å². The standard InChI is InChI=1S/CH4.3C.H2O/h1H4;;;;1H2. The van der Waals surface area contributed by atoms with Crippen molar-refractivity contribution in [3.63, 3.8) is 0 Å². The molecule has 0 saturated carbocycles. The molecule has 1 heteroatoms. The molecule has 0 aromatic carbocycles. The van der Waals surface area contributed by atoms with Gasteiger partial charge in [-0.2, -0.15) is 0 Å². The average Bonchev–Trinajstić information content (AvgIpc) is 0. The second-order valence-corrected chi connectivity index (χ2v) is 0. The maximum atomic E-state index is 0. The zero-order valence-corrected chi connectivity index (χ0v) is 2.00. The van der Waals surface area contributed by atoms with Crippen LogP contribution >= 0.6 is 0 Å². The van der Waals surface area contributed by atoms with E-state index in [0.717, 1.165) is 0 Å². The molecule has 0 aliphatic carbocycles. The van der Waals surface area contributed by atoms with Gasteiger partial charge in [0.05, 0.1) is 0 Å². The van der Waals surface area contributed by atoms with E-state index in [1.54, 1.807) is 0 Å². The smallest absolute Gasteiger partial charge is 0 e. The van der Waals surface area contributed by atoms with Crippen molar-refractivity contribution in [2.75, 3.05) is 0 Å². The summed E-state index contributed by atoms with van der Waals surface area (Å²) in [7, 11) is 0. The molecule has 0 heterocycles. The minimum Gasteiger partial charge on any atom is -0.412 e. The van der Waals surface area contributed by atoms with E-state index in [4.69, 9.17) is 0 Å². The van der Waals surface area contributed by atoms with Crippen LogP contribution in [0.1, 0.15) is 7.43 Å². The zero-order chi connectivity index (χ0) is 0. The van der Waals surface area contributed by atoms with Gasteiger partial charge in [0.25, 0.3) is 0 Å². The van der Waals surface area contributed by atoms with Crippen molar-refractivity contribution in [3.05, 3.63) is 22.3 Å². The predicted octanol–water partition coefficient (Wildman–Crippen LogP) is 0.0553. The molecule has 0 atom stereocenters. The Balaban J connectivity index is 0. The highest BCUT2D eigenvalue weighted by Gasteiger charge is 0.00205. The van der Waals surface area contributed by atoms with Gasteiger partial charge in [0.1, 0.15) is 0 Å². The van der Waals surface area contributed by atoms with Crippen LogP contribution < -0.4 is 0 Å². The summed E-state index contributed by atoms with van der Waals surface area (Å²) in [6.45, 7) is 0. The van der Waals surface area contributed by atoms with Crippen molar-refractivity contribution in [1.82, 2.24) is 0 Å². The molecule has 0 saturated heterocycles. The first-order valence-electron chi connectivity index (χ1n) is 0. The van der Waals surface area contributed by atoms with Crippen LogP contribution in [-0.4, -0.2) is 5.48 Å². The van der Waals surface area contributed by atoms with Crippen LogP contribution in [0.2, 0.25) is 0 Å². The van der Waals surface area contributed by atoms with Gasteiger partial charge in [0.15, 0.2) is 0 Å². The largest absolute Gasteiger partial charge is 0.412 e. The van der Waals surface area contributed by atoms with E-state index in [9.17, 15) is 0 Å². The molecule has 12 radical (unpaired) electrons. The van der Waals surface area contributed by atoms with Crippen LogP contribution in [0, 0.1) is 22.3 Å². The van der Waals surface area contributed by atoms with Crippen molar-refractivity contribution in [3.8, 4) is 0 Å².